The van der Waals surface area contributed by atoms with Crippen LogP contribution in [0.5, 0.6) is 0 Å². The Morgan fingerprint density at radius 1 is 1.63 bits per heavy atom. The number of aromatic nitrogens is 1. The molecule has 0 bridgehead atoms. The molecule has 0 spiro atoms. The van der Waals surface area contributed by atoms with Gasteiger partial charge in [0.1, 0.15) is 0 Å². The third kappa shape index (κ3) is 3.10. The maximum absolute atomic E-state index is 11.8. The highest BCUT2D eigenvalue weighted by molar-refractivity contribution is 5.84. The summed E-state index contributed by atoms with van der Waals surface area (Å²) in [7, 11) is 0. The first-order valence-electron chi connectivity index (χ1n) is 6.57. The first kappa shape index (κ1) is 13.5. The minimum atomic E-state index is -0.145. The molecule has 1 aliphatic heterocycles. The highest BCUT2D eigenvalue weighted by atomic mass is 16.5. The van der Waals surface area contributed by atoms with Crippen LogP contribution in [-0.4, -0.2) is 36.9 Å². The molecule has 1 fully saturated rings. The van der Waals surface area contributed by atoms with Crippen LogP contribution in [0.2, 0.25) is 0 Å². The number of carbonyl (C=O) groups is 2. The summed E-state index contributed by atoms with van der Waals surface area (Å²) < 4.78 is 5.07. The van der Waals surface area contributed by atoms with E-state index in [0.29, 0.717) is 18.7 Å². The summed E-state index contributed by atoms with van der Waals surface area (Å²) in [6.07, 6.45) is 5.78. The number of anilines is 1. The lowest BCUT2D eigenvalue weighted by Gasteiger charge is -2.33. The summed E-state index contributed by atoms with van der Waals surface area (Å²) >= 11 is 0. The fourth-order valence-corrected chi connectivity index (χ4v) is 2.43. The number of nitrogens with zero attached hydrogens (tertiary/aromatic N) is 2. The van der Waals surface area contributed by atoms with E-state index in [2.05, 4.69) is 9.88 Å². The summed E-state index contributed by atoms with van der Waals surface area (Å²) in [6, 6.07) is 1.82. The van der Waals surface area contributed by atoms with Crippen molar-refractivity contribution < 1.29 is 14.3 Å². The second-order valence-corrected chi connectivity index (χ2v) is 4.59. The maximum atomic E-state index is 11.8. The van der Waals surface area contributed by atoms with E-state index in [4.69, 9.17) is 4.74 Å². The lowest BCUT2D eigenvalue weighted by atomic mass is 9.97. The second-order valence-electron chi connectivity index (χ2n) is 4.59. The minimum absolute atomic E-state index is 0.110. The van der Waals surface area contributed by atoms with Crippen LogP contribution < -0.4 is 4.90 Å². The Hall–Kier alpha value is -1.91. The van der Waals surface area contributed by atoms with Crippen LogP contribution in [0.3, 0.4) is 0 Å². The average molecular weight is 262 g/mol. The van der Waals surface area contributed by atoms with Crippen molar-refractivity contribution in [1.82, 2.24) is 4.98 Å². The number of pyridine rings is 1. The molecule has 1 aromatic heterocycles. The molecule has 0 N–H and O–H groups in total. The molecular weight excluding hydrogens is 244 g/mol. The Labute approximate surface area is 112 Å². The second kappa shape index (κ2) is 6.31. The van der Waals surface area contributed by atoms with Crippen LogP contribution in [0, 0.1) is 5.92 Å². The van der Waals surface area contributed by atoms with Crippen molar-refractivity contribution in [1.29, 1.82) is 0 Å². The number of hydrogen-bond acceptors (Lipinski definition) is 5. The van der Waals surface area contributed by atoms with Gasteiger partial charge in [0.25, 0.3) is 0 Å². The van der Waals surface area contributed by atoms with Crippen molar-refractivity contribution in [3.05, 3.63) is 24.0 Å². The third-order valence-corrected chi connectivity index (χ3v) is 3.34. The third-order valence-electron chi connectivity index (χ3n) is 3.34. The lowest BCUT2D eigenvalue weighted by molar-refractivity contribution is -0.148. The molecule has 0 saturated carbocycles. The highest BCUT2D eigenvalue weighted by Gasteiger charge is 2.27. The Kier molecular flexibility index (Phi) is 4.49. The Bertz CT molecular complexity index is 462. The largest absolute Gasteiger partial charge is 0.466 e. The molecule has 5 nitrogen and oxygen atoms in total. The van der Waals surface area contributed by atoms with Gasteiger partial charge in [-0.1, -0.05) is 0 Å². The van der Waals surface area contributed by atoms with Gasteiger partial charge in [0.2, 0.25) is 0 Å². The smallest absolute Gasteiger partial charge is 0.310 e. The monoisotopic (exact) mass is 262 g/mol. The molecule has 1 aromatic rings. The minimum Gasteiger partial charge on any atom is -0.466 e. The molecule has 5 heteroatoms. The molecule has 1 unspecified atom stereocenters. The van der Waals surface area contributed by atoms with Gasteiger partial charge >= 0.3 is 5.97 Å². The van der Waals surface area contributed by atoms with E-state index in [1.807, 2.05) is 13.0 Å². The van der Waals surface area contributed by atoms with Gasteiger partial charge in [-0.2, -0.15) is 0 Å². The van der Waals surface area contributed by atoms with Crippen molar-refractivity contribution in [2.45, 2.75) is 19.8 Å². The zero-order chi connectivity index (χ0) is 13.7. The van der Waals surface area contributed by atoms with Crippen molar-refractivity contribution in [3.63, 3.8) is 0 Å². The van der Waals surface area contributed by atoms with E-state index in [9.17, 15) is 9.59 Å². The van der Waals surface area contributed by atoms with Gasteiger partial charge in [0.15, 0.2) is 6.29 Å². The van der Waals surface area contributed by atoms with Crippen LogP contribution in [0.1, 0.15) is 30.1 Å². The molecule has 1 atom stereocenters. The van der Waals surface area contributed by atoms with Crippen molar-refractivity contribution in [2.75, 3.05) is 24.6 Å². The fourth-order valence-electron chi connectivity index (χ4n) is 2.43. The van der Waals surface area contributed by atoms with Crippen molar-refractivity contribution in [2.24, 2.45) is 5.92 Å². The molecule has 19 heavy (non-hydrogen) atoms. The standard InChI is InChI=1S/C14H18N2O3/c1-2-19-14(18)11-4-3-7-16(9-11)13-5-6-15-8-12(13)10-17/h5-6,8,10-11H,2-4,7,9H2,1H3. The van der Waals surface area contributed by atoms with E-state index in [1.165, 1.54) is 0 Å². The van der Waals surface area contributed by atoms with Crippen LogP contribution in [0.15, 0.2) is 18.5 Å². The molecule has 102 valence electrons. The molecule has 1 saturated heterocycles. The predicted octanol–water partition coefficient (Wildman–Crippen LogP) is 1.67. The van der Waals surface area contributed by atoms with Gasteiger partial charge < -0.3 is 9.64 Å². The number of carbonyl (C=O) groups excluding carboxylic acids is 2. The molecule has 0 aromatic carbocycles. The first-order chi connectivity index (χ1) is 9.26. The lowest BCUT2D eigenvalue weighted by Crippen LogP contribution is -2.39. The molecule has 0 aliphatic carbocycles. The van der Waals surface area contributed by atoms with Crippen LogP contribution in [0.4, 0.5) is 5.69 Å². The quantitative estimate of drug-likeness (QED) is 0.610. The van der Waals surface area contributed by atoms with Crippen LogP contribution in [0.25, 0.3) is 0 Å². The Morgan fingerprint density at radius 2 is 2.47 bits per heavy atom. The molecule has 2 heterocycles. The average Bonchev–Trinajstić information content (AvgIpc) is 2.47. The Balaban J connectivity index is 2.12. The molecule has 2 rings (SSSR count). The van der Waals surface area contributed by atoms with E-state index in [-0.39, 0.29) is 11.9 Å². The van der Waals surface area contributed by atoms with Gasteiger partial charge in [-0.05, 0) is 25.8 Å². The summed E-state index contributed by atoms with van der Waals surface area (Å²) in [6.45, 7) is 3.67. The maximum Gasteiger partial charge on any atom is 0.310 e. The van der Waals surface area contributed by atoms with Gasteiger partial charge in [-0.15, -0.1) is 0 Å². The van der Waals surface area contributed by atoms with Crippen molar-refractivity contribution >= 4 is 17.9 Å². The molecule has 1 aliphatic rings. The number of esters is 1. The fraction of sp³-hybridized carbons (Fsp3) is 0.500. The van der Waals surface area contributed by atoms with Gasteiger partial charge in [-0.3, -0.25) is 14.6 Å². The van der Waals surface area contributed by atoms with Gasteiger partial charge in [0, 0.05) is 25.5 Å². The molecular formula is C14H18N2O3. The number of aldehydes is 1. The zero-order valence-corrected chi connectivity index (χ0v) is 11.0. The van der Waals surface area contributed by atoms with E-state index < -0.39 is 0 Å². The summed E-state index contributed by atoms with van der Waals surface area (Å²) in [5.74, 6) is -0.254. The van der Waals surface area contributed by atoms with E-state index in [1.54, 1.807) is 12.4 Å². The normalized spacial score (nSPS) is 19.0. The number of hydrogen-bond donors (Lipinski definition) is 0. The summed E-state index contributed by atoms with van der Waals surface area (Å²) in [4.78, 5) is 28.8. The van der Waals surface area contributed by atoms with Crippen LogP contribution >= 0.6 is 0 Å². The van der Waals surface area contributed by atoms with Gasteiger partial charge in [-0.25, -0.2) is 0 Å². The number of piperidine rings is 1. The van der Waals surface area contributed by atoms with Crippen LogP contribution in [-0.2, 0) is 9.53 Å². The topological polar surface area (TPSA) is 59.5 Å². The zero-order valence-electron chi connectivity index (χ0n) is 11.0. The highest BCUT2D eigenvalue weighted by Crippen LogP contribution is 2.25. The first-order valence-corrected chi connectivity index (χ1v) is 6.57. The summed E-state index contributed by atoms with van der Waals surface area (Å²) in [5.41, 5.74) is 1.41. The van der Waals surface area contributed by atoms with Gasteiger partial charge in [0.05, 0.1) is 23.8 Å². The number of rotatable bonds is 4. The summed E-state index contributed by atoms with van der Waals surface area (Å²) in [5, 5.41) is 0. The SMILES string of the molecule is CCOC(=O)C1CCCN(c2ccncc2C=O)C1. The number of ether oxygens (including phenoxy) is 1. The van der Waals surface area contributed by atoms with E-state index in [0.717, 1.165) is 31.4 Å². The van der Waals surface area contributed by atoms with E-state index >= 15 is 0 Å². The molecule has 0 amide bonds. The molecule has 0 radical (unpaired) electrons. The van der Waals surface area contributed by atoms with Crippen molar-refractivity contribution in [3.8, 4) is 0 Å². The predicted molar refractivity (Wildman–Crippen MR) is 71.2 cm³/mol. The Morgan fingerprint density at radius 3 is 3.21 bits per heavy atom.